The van der Waals surface area contributed by atoms with Crippen molar-refractivity contribution in [3.63, 3.8) is 0 Å². The van der Waals surface area contributed by atoms with E-state index < -0.39 is 34.6 Å². The molecule has 39 heavy (non-hydrogen) atoms. The Labute approximate surface area is 230 Å². The van der Waals surface area contributed by atoms with Gasteiger partial charge in [-0.25, -0.2) is 8.78 Å². The van der Waals surface area contributed by atoms with Gasteiger partial charge in [-0.2, -0.15) is 17.6 Å². The van der Waals surface area contributed by atoms with E-state index in [1.165, 1.54) is 30.7 Å². The highest BCUT2D eigenvalue weighted by molar-refractivity contribution is 5.77. The number of hydrogen-bond donors (Lipinski definition) is 0. The number of alkyl halides is 4. The summed E-state index contributed by atoms with van der Waals surface area (Å²) in [6.45, 7) is 13.8. The number of hydrogen-bond acceptors (Lipinski definition) is 0. The lowest BCUT2D eigenvalue weighted by Gasteiger charge is -2.36. The predicted octanol–water partition coefficient (Wildman–Crippen LogP) is 11.9. The number of benzene rings is 2. The number of unbranched alkanes of at least 4 members (excludes halogenated alkanes) is 2. The Hall–Kier alpha value is -2.24. The Morgan fingerprint density at radius 3 is 1.69 bits per heavy atom. The van der Waals surface area contributed by atoms with Gasteiger partial charge in [-0.3, -0.25) is 0 Å². The first-order chi connectivity index (χ1) is 18.4. The van der Waals surface area contributed by atoms with Crippen molar-refractivity contribution in [2.75, 3.05) is 0 Å². The Kier molecular flexibility index (Phi) is 12.2. The minimum Gasteiger partial charge on any atom is -0.206 e. The van der Waals surface area contributed by atoms with Gasteiger partial charge in [0.2, 0.25) is 0 Å². The van der Waals surface area contributed by atoms with Crippen LogP contribution in [0.2, 0.25) is 0 Å². The van der Waals surface area contributed by atoms with Crippen molar-refractivity contribution in [1.82, 2.24) is 0 Å². The van der Waals surface area contributed by atoms with E-state index in [2.05, 4.69) is 20.4 Å². The molecule has 2 aromatic carbocycles. The molecule has 218 valence electrons. The minimum absolute atomic E-state index is 0.0403. The zero-order valence-corrected chi connectivity index (χ0v) is 24.1. The normalized spacial score (nSPS) is 15.0. The van der Waals surface area contributed by atoms with E-state index >= 15 is 22.0 Å². The molecule has 0 amide bonds. The van der Waals surface area contributed by atoms with E-state index in [1.54, 1.807) is 6.92 Å². The zero-order valence-electron chi connectivity index (χ0n) is 24.1. The lowest BCUT2D eigenvalue weighted by molar-refractivity contribution is -0.227. The molecular formula is C33H44F6. The van der Waals surface area contributed by atoms with Gasteiger partial charge in [0.1, 0.15) is 11.6 Å². The van der Waals surface area contributed by atoms with Crippen LogP contribution < -0.4 is 0 Å². The molecule has 1 aliphatic rings. The van der Waals surface area contributed by atoms with Crippen molar-refractivity contribution in [1.29, 1.82) is 0 Å². The Balaban J connectivity index is 0.000000673. The van der Waals surface area contributed by atoms with Gasteiger partial charge in [-0.05, 0) is 66.2 Å². The van der Waals surface area contributed by atoms with Gasteiger partial charge in [-0.15, -0.1) is 6.58 Å². The summed E-state index contributed by atoms with van der Waals surface area (Å²) in [4.78, 5) is 0. The summed E-state index contributed by atoms with van der Waals surface area (Å²) in [6.07, 6.45) is 9.52. The third-order valence-electron chi connectivity index (χ3n) is 7.43. The minimum atomic E-state index is -4.86. The third kappa shape index (κ3) is 7.10. The summed E-state index contributed by atoms with van der Waals surface area (Å²) in [7, 11) is 0. The predicted molar refractivity (Wildman–Crippen MR) is 150 cm³/mol. The molecule has 0 saturated heterocycles. The highest BCUT2D eigenvalue weighted by atomic mass is 19.3. The van der Waals surface area contributed by atoms with E-state index in [1.807, 2.05) is 19.9 Å². The van der Waals surface area contributed by atoms with Crippen molar-refractivity contribution in [2.45, 2.75) is 117 Å². The lowest BCUT2D eigenvalue weighted by atomic mass is 9.76. The quantitative estimate of drug-likeness (QED) is 0.181. The lowest BCUT2D eigenvalue weighted by Crippen LogP contribution is -2.41. The average molecular weight is 555 g/mol. The van der Waals surface area contributed by atoms with E-state index in [0.29, 0.717) is 19.3 Å². The molecule has 0 heterocycles. The second-order valence-corrected chi connectivity index (χ2v) is 11.0. The molecule has 0 aromatic heterocycles. The number of allylic oxidation sites excluding steroid dienone is 1. The van der Waals surface area contributed by atoms with Crippen LogP contribution in [0.15, 0.2) is 36.9 Å². The van der Waals surface area contributed by atoms with Gasteiger partial charge in [0.05, 0.1) is 11.1 Å². The summed E-state index contributed by atoms with van der Waals surface area (Å²) >= 11 is 0. The average Bonchev–Trinajstić information content (AvgIpc) is 2.88. The molecule has 0 aliphatic heterocycles. The van der Waals surface area contributed by atoms with E-state index in [0.717, 1.165) is 38.0 Å². The van der Waals surface area contributed by atoms with Gasteiger partial charge < -0.3 is 0 Å². The fourth-order valence-corrected chi connectivity index (χ4v) is 5.17. The van der Waals surface area contributed by atoms with Gasteiger partial charge in [0.25, 0.3) is 0 Å². The van der Waals surface area contributed by atoms with Crippen molar-refractivity contribution in [2.24, 2.45) is 5.92 Å². The topological polar surface area (TPSA) is 0 Å². The summed E-state index contributed by atoms with van der Waals surface area (Å²) in [5.74, 6) is -11.8. The maximum Gasteiger partial charge on any atom is 0.343 e. The highest BCUT2D eigenvalue weighted by Gasteiger charge is 2.65. The maximum absolute atomic E-state index is 15.6. The molecule has 0 nitrogen and oxygen atoms in total. The monoisotopic (exact) mass is 554 g/mol. The van der Waals surface area contributed by atoms with Crippen molar-refractivity contribution >= 4 is 0 Å². The second-order valence-electron chi connectivity index (χ2n) is 11.0. The first kappa shape index (κ1) is 33.0. The first-order valence-corrected chi connectivity index (χ1v) is 14.4. The van der Waals surface area contributed by atoms with Crippen molar-refractivity contribution in [3.05, 3.63) is 70.8 Å². The van der Waals surface area contributed by atoms with Crippen LogP contribution in [0.4, 0.5) is 26.3 Å². The number of halogens is 6. The number of rotatable bonds is 12. The highest BCUT2D eigenvalue weighted by Crippen LogP contribution is 2.60. The SMILES string of the molecule is C=CCCC(C)C.CCCCC(CCCC)c1ccc2c(c1F)C(F)(F)C(F)(F)c1c-2ccc(CCC)c1F. The van der Waals surface area contributed by atoms with Crippen LogP contribution in [0.1, 0.15) is 121 Å². The number of fused-ring (bicyclic) bond motifs is 3. The zero-order chi connectivity index (χ0) is 29.4. The molecular weight excluding hydrogens is 510 g/mol. The molecule has 0 radical (unpaired) electrons. The molecule has 1 aliphatic carbocycles. The Morgan fingerprint density at radius 2 is 1.26 bits per heavy atom. The van der Waals surface area contributed by atoms with Crippen LogP contribution in [0.3, 0.4) is 0 Å². The van der Waals surface area contributed by atoms with E-state index in [-0.39, 0.29) is 34.6 Å². The van der Waals surface area contributed by atoms with Crippen LogP contribution in [0.25, 0.3) is 11.1 Å². The number of aryl methyl sites for hydroxylation is 1. The van der Waals surface area contributed by atoms with E-state index in [4.69, 9.17) is 0 Å². The molecule has 0 saturated carbocycles. The van der Waals surface area contributed by atoms with Crippen LogP contribution in [0.5, 0.6) is 0 Å². The summed E-state index contributed by atoms with van der Waals surface area (Å²) in [5, 5.41) is 0. The van der Waals surface area contributed by atoms with Gasteiger partial charge in [-0.1, -0.05) is 97.1 Å². The fraction of sp³-hybridized carbons (Fsp3) is 0.576. The van der Waals surface area contributed by atoms with Crippen LogP contribution >= 0.6 is 0 Å². The Morgan fingerprint density at radius 1 is 0.744 bits per heavy atom. The summed E-state index contributed by atoms with van der Waals surface area (Å²) in [5.41, 5.74) is -3.36. The molecule has 0 bridgehead atoms. The van der Waals surface area contributed by atoms with Crippen LogP contribution in [-0.2, 0) is 18.3 Å². The third-order valence-corrected chi connectivity index (χ3v) is 7.43. The van der Waals surface area contributed by atoms with Crippen molar-refractivity contribution < 1.29 is 26.3 Å². The molecule has 0 unspecified atom stereocenters. The fourth-order valence-electron chi connectivity index (χ4n) is 5.17. The van der Waals surface area contributed by atoms with Gasteiger partial charge in [0.15, 0.2) is 0 Å². The van der Waals surface area contributed by atoms with Gasteiger partial charge >= 0.3 is 11.8 Å². The Bertz CT molecular complexity index is 1080. The molecule has 3 rings (SSSR count). The maximum atomic E-state index is 15.6. The molecule has 2 aromatic rings. The molecule has 0 spiro atoms. The molecule has 0 atom stereocenters. The molecule has 0 N–H and O–H groups in total. The standard InChI is InChI=1S/C26H30F6.C7H14/c1-4-7-10-16(11-8-5-2)18-14-15-20-19-13-12-17(9-6-3)23(27)21(19)25(29,30)26(31,32)22(20)24(18)28;1-4-5-6-7(2)3/h12-16H,4-11H2,1-3H3;4,7H,1,5-6H2,2-3H3. The largest absolute Gasteiger partial charge is 0.343 e. The summed E-state index contributed by atoms with van der Waals surface area (Å²) in [6, 6.07) is 5.24. The van der Waals surface area contributed by atoms with Crippen LogP contribution in [0, 0.1) is 17.6 Å². The smallest absolute Gasteiger partial charge is 0.206 e. The van der Waals surface area contributed by atoms with Crippen molar-refractivity contribution in [3.8, 4) is 11.1 Å². The summed E-state index contributed by atoms with van der Waals surface area (Å²) < 4.78 is 91.1. The van der Waals surface area contributed by atoms with E-state index in [9.17, 15) is 4.39 Å². The molecule has 0 fully saturated rings. The second kappa shape index (κ2) is 14.4. The molecule has 6 heteroatoms. The van der Waals surface area contributed by atoms with Gasteiger partial charge in [0, 0.05) is 0 Å². The van der Waals surface area contributed by atoms with Crippen LogP contribution in [-0.4, -0.2) is 0 Å². The first-order valence-electron chi connectivity index (χ1n) is 14.4.